The maximum atomic E-state index is 12.8. The number of para-hydroxylation sites is 2. The number of hydrogen-bond donors (Lipinski definition) is 0. The number of aromatic nitrogens is 2. The lowest BCUT2D eigenvalue weighted by Crippen LogP contribution is -2.49. The van der Waals surface area contributed by atoms with Gasteiger partial charge in [-0.1, -0.05) is 24.3 Å². The molecule has 0 atom stereocenters. The molecule has 6 nitrogen and oxygen atoms in total. The summed E-state index contributed by atoms with van der Waals surface area (Å²) < 4.78 is 41.1. The number of fused-ring (bicyclic) bond motifs is 1. The van der Waals surface area contributed by atoms with Gasteiger partial charge in [0.25, 0.3) is 0 Å². The van der Waals surface area contributed by atoms with E-state index in [1.807, 2.05) is 24.3 Å². The molecule has 0 radical (unpaired) electrons. The van der Waals surface area contributed by atoms with E-state index in [1.54, 1.807) is 11.9 Å². The summed E-state index contributed by atoms with van der Waals surface area (Å²) in [6.07, 6.45) is -4.34. The molecule has 1 saturated heterocycles. The van der Waals surface area contributed by atoms with E-state index in [1.165, 1.54) is 21.3 Å². The van der Waals surface area contributed by atoms with Gasteiger partial charge in [-0.2, -0.15) is 13.2 Å². The summed E-state index contributed by atoms with van der Waals surface area (Å²) in [4.78, 5) is 29.2. The Balaban J connectivity index is 1.35. The van der Waals surface area contributed by atoms with Crippen LogP contribution in [-0.4, -0.2) is 51.0 Å². The lowest BCUT2D eigenvalue weighted by Gasteiger charge is -2.34. The van der Waals surface area contributed by atoms with Crippen LogP contribution >= 0.6 is 0 Å². The number of carbonyl (C=O) groups excluding carboxylic acids is 1. The third-order valence-electron chi connectivity index (χ3n) is 5.76. The summed E-state index contributed by atoms with van der Waals surface area (Å²) in [5, 5.41) is 0. The third-order valence-corrected chi connectivity index (χ3v) is 5.76. The van der Waals surface area contributed by atoms with Gasteiger partial charge in [-0.25, -0.2) is 4.79 Å². The van der Waals surface area contributed by atoms with E-state index < -0.39 is 11.7 Å². The van der Waals surface area contributed by atoms with Crippen LogP contribution < -0.4 is 5.69 Å². The number of benzene rings is 2. The monoisotopic (exact) mass is 432 g/mol. The molecule has 0 saturated carbocycles. The number of amides is 1. The number of hydrogen-bond acceptors (Lipinski definition) is 3. The first-order valence-electron chi connectivity index (χ1n) is 10.0. The molecular formula is C22H23F3N4O2. The summed E-state index contributed by atoms with van der Waals surface area (Å²) >= 11 is 0. The predicted octanol–water partition coefficient (Wildman–Crippen LogP) is 2.70. The zero-order valence-electron chi connectivity index (χ0n) is 17.1. The molecule has 2 aromatic carbocycles. The quantitative estimate of drug-likeness (QED) is 0.637. The Morgan fingerprint density at radius 1 is 0.935 bits per heavy atom. The van der Waals surface area contributed by atoms with Crippen LogP contribution in [0.1, 0.15) is 11.1 Å². The topological polar surface area (TPSA) is 50.5 Å². The van der Waals surface area contributed by atoms with E-state index in [4.69, 9.17) is 0 Å². The molecule has 2 heterocycles. The zero-order chi connectivity index (χ0) is 22.2. The van der Waals surface area contributed by atoms with Crippen LogP contribution in [0.15, 0.2) is 53.3 Å². The first-order chi connectivity index (χ1) is 14.7. The molecule has 1 aliphatic heterocycles. The maximum Gasteiger partial charge on any atom is 0.416 e. The van der Waals surface area contributed by atoms with Crippen molar-refractivity contribution in [1.29, 1.82) is 0 Å². The third kappa shape index (κ3) is 4.36. The molecule has 0 N–H and O–H groups in total. The van der Waals surface area contributed by atoms with Crippen LogP contribution in [-0.2, 0) is 31.1 Å². The highest BCUT2D eigenvalue weighted by Crippen LogP contribution is 2.29. The molecule has 31 heavy (non-hydrogen) atoms. The highest BCUT2D eigenvalue weighted by atomic mass is 19.4. The molecule has 0 aliphatic carbocycles. The fourth-order valence-electron chi connectivity index (χ4n) is 3.96. The van der Waals surface area contributed by atoms with Crippen molar-refractivity contribution in [2.75, 3.05) is 26.2 Å². The molecule has 3 aromatic rings. The van der Waals surface area contributed by atoms with Crippen LogP contribution in [0.3, 0.4) is 0 Å². The molecule has 0 spiro atoms. The predicted molar refractivity (Wildman–Crippen MR) is 110 cm³/mol. The molecule has 1 amide bonds. The van der Waals surface area contributed by atoms with Crippen molar-refractivity contribution in [3.05, 3.63) is 70.1 Å². The second kappa shape index (κ2) is 8.22. The lowest BCUT2D eigenvalue weighted by atomic mass is 10.1. The number of alkyl halides is 3. The minimum absolute atomic E-state index is 0.0148. The Hall–Kier alpha value is -3.07. The van der Waals surface area contributed by atoms with Crippen LogP contribution in [0.2, 0.25) is 0 Å². The largest absolute Gasteiger partial charge is 0.416 e. The number of rotatable bonds is 4. The van der Waals surface area contributed by atoms with Gasteiger partial charge in [-0.3, -0.25) is 18.8 Å². The average Bonchev–Trinajstić information content (AvgIpc) is 2.99. The van der Waals surface area contributed by atoms with Gasteiger partial charge in [-0.05, 0) is 29.8 Å². The Morgan fingerprint density at radius 3 is 2.16 bits per heavy atom. The fraction of sp³-hybridized carbons (Fsp3) is 0.364. The highest BCUT2D eigenvalue weighted by Gasteiger charge is 2.30. The van der Waals surface area contributed by atoms with Crippen molar-refractivity contribution in [2.45, 2.75) is 19.3 Å². The standard InChI is InChI=1S/C22H23F3N4O2/c1-26-18-4-2-3-5-19(18)29(21(26)31)15-20(30)28-12-10-27(11-13-28)14-16-6-8-17(9-7-16)22(23,24)25/h2-9H,10-15H2,1H3. The first-order valence-corrected chi connectivity index (χ1v) is 10.0. The van der Waals surface area contributed by atoms with Gasteiger partial charge >= 0.3 is 11.9 Å². The van der Waals surface area contributed by atoms with Gasteiger partial charge in [0.15, 0.2) is 0 Å². The number of halogens is 3. The summed E-state index contributed by atoms with van der Waals surface area (Å²) in [5.74, 6) is -0.118. The second-order valence-corrected chi connectivity index (χ2v) is 7.77. The number of piperazine rings is 1. The van der Waals surface area contributed by atoms with Gasteiger partial charge in [0, 0.05) is 39.8 Å². The summed E-state index contributed by atoms with van der Waals surface area (Å²) in [5.41, 5.74) is 1.42. The van der Waals surface area contributed by atoms with Crippen molar-refractivity contribution in [3.8, 4) is 0 Å². The van der Waals surface area contributed by atoms with E-state index in [-0.39, 0.29) is 18.1 Å². The Bertz CT molecular complexity index is 1140. The molecule has 9 heteroatoms. The van der Waals surface area contributed by atoms with Gasteiger partial charge in [-0.15, -0.1) is 0 Å². The molecule has 1 fully saturated rings. The summed E-state index contributed by atoms with van der Waals surface area (Å²) in [7, 11) is 1.69. The van der Waals surface area contributed by atoms with Crippen molar-refractivity contribution < 1.29 is 18.0 Å². The van der Waals surface area contributed by atoms with E-state index in [2.05, 4.69) is 4.90 Å². The lowest BCUT2D eigenvalue weighted by molar-refractivity contribution is -0.137. The summed E-state index contributed by atoms with van der Waals surface area (Å²) in [6.45, 7) is 2.79. The molecule has 4 rings (SSSR count). The van der Waals surface area contributed by atoms with Crippen molar-refractivity contribution in [1.82, 2.24) is 18.9 Å². The van der Waals surface area contributed by atoms with Gasteiger partial charge < -0.3 is 4.90 Å². The van der Waals surface area contributed by atoms with Crippen LogP contribution in [0.5, 0.6) is 0 Å². The Kier molecular flexibility index (Phi) is 5.62. The molecule has 164 valence electrons. The number of nitrogens with zero attached hydrogens (tertiary/aromatic N) is 4. The van der Waals surface area contributed by atoms with Gasteiger partial charge in [0.2, 0.25) is 5.91 Å². The van der Waals surface area contributed by atoms with Gasteiger partial charge in [0.1, 0.15) is 6.54 Å². The van der Waals surface area contributed by atoms with Crippen molar-refractivity contribution in [3.63, 3.8) is 0 Å². The number of carbonyl (C=O) groups is 1. The van der Waals surface area contributed by atoms with Crippen LogP contribution in [0.25, 0.3) is 11.0 Å². The normalized spacial score (nSPS) is 15.5. The maximum absolute atomic E-state index is 12.8. The second-order valence-electron chi connectivity index (χ2n) is 7.77. The fourth-order valence-corrected chi connectivity index (χ4v) is 3.96. The molecule has 0 bridgehead atoms. The smallest absolute Gasteiger partial charge is 0.339 e. The van der Waals surface area contributed by atoms with E-state index in [9.17, 15) is 22.8 Å². The molecule has 1 aromatic heterocycles. The van der Waals surface area contributed by atoms with E-state index in [0.29, 0.717) is 32.7 Å². The SMILES string of the molecule is Cn1c(=O)n(CC(=O)N2CCN(Cc3ccc(C(F)(F)F)cc3)CC2)c2ccccc21. The van der Waals surface area contributed by atoms with Crippen molar-refractivity contribution in [2.24, 2.45) is 7.05 Å². The van der Waals surface area contributed by atoms with Crippen LogP contribution in [0.4, 0.5) is 13.2 Å². The molecule has 0 unspecified atom stereocenters. The Labute approximate surface area is 177 Å². The van der Waals surface area contributed by atoms with Crippen molar-refractivity contribution >= 4 is 16.9 Å². The molecule has 1 aliphatic rings. The first kappa shape index (κ1) is 21.2. The number of aryl methyl sites for hydroxylation is 1. The summed E-state index contributed by atoms with van der Waals surface area (Å²) in [6, 6.07) is 12.5. The van der Waals surface area contributed by atoms with Gasteiger partial charge in [0.05, 0.1) is 16.6 Å². The van der Waals surface area contributed by atoms with Crippen LogP contribution in [0, 0.1) is 0 Å². The minimum atomic E-state index is -4.34. The number of imidazole rings is 1. The average molecular weight is 432 g/mol. The van der Waals surface area contributed by atoms with E-state index >= 15 is 0 Å². The minimum Gasteiger partial charge on any atom is -0.339 e. The highest BCUT2D eigenvalue weighted by molar-refractivity contribution is 5.81. The van der Waals surface area contributed by atoms with E-state index in [0.717, 1.165) is 28.7 Å². The molecular weight excluding hydrogens is 409 g/mol. The Morgan fingerprint density at radius 2 is 1.55 bits per heavy atom. The zero-order valence-corrected chi connectivity index (χ0v) is 17.1.